The van der Waals surface area contributed by atoms with Crippen molar-refractivity contribution >= 4 is 5.69 Å². The lowest BCUT2D eigenvalue weighted by molar-refractivity contribution is 0.879. The molecule has 0 saturated carbocycles. The number of anilines is 1. The molecule has 0 aliphatic heterocycles. The summed E-state index contributed by atoms with van der Waals surface area (Å²) in [6.45, 7) is 0.757. The van der Waals surface area contributed by atoms with Gasteiger partial charge >= 0.3 is 0 Å². The number of aromatic nitrogens is 2. The van der Waals surface area contributed by atoms with Crippen LogP contribution in [0.5, 0.6) is 0 Å². The maximum Gasteiger partial charge on any atom is 0.0645 e. The predicted molar refractivity (Wildman–Crippen MR) is 85.3 cm³/mol. The minimum atomic E-state index is 0.757. The van der Waals surface area contributed by atoms with Crippen LogP contribution >= 0.6 is 0 Å². The van der Waals surface area contributed by atoms with Crippen LogP contribution in [-0.2, 0) is 6.54 Å². The topological polar surface area (TPSA) is 29.9 Å². The first kappa shape index (κ1) is 13.0. The zero-order valence-corrected chi connectivity index (χ0v) is 11.5. The smallest absolute Gasteiger partial charge is 0.0645 e. The van der Waals surface area contributed by atoms with Crippen molar-refractivity contribution in [2.45, 2.75) is 6.54 Å². The van der Waals surface area contributed by atoms with E-state index in [9.17, 15) is 0 Å². The van der Waals surface area contributed by atoms with Gasteiger partial charge in [-0.25, -0.2) is 4.68 Å². The molecule has 3 nitrogen and oxygen atoms in total. The monoisotopic (exact) mass is 273 g/mol. The lowest BCUT2D eigenvalue weighted by Crippen LogP contribution is -2.00. The molecule has 0 spiro atoms. The van der Waals surface area contributed by atoms with Gasteiger partial charge in [0.15, 0.2) is 0 Å². The zero-order chi connectivity index (χ0) is 14.5. The summed E-state index contributed by atoms with van der Waals surface area (Å²) in [7, 11) is 0. The second-order valence-electron chi connectivity index (χ2n) is 4.70. The van der Waals surface area contributed by atoms with E-state index in [1.54, 1.807) is 6.20 Å². The summed E-state index contributed by atoms with van der Waals surface area (Å²) >= 11 is 0. The first-order valence-corrected chi connectivity index (χ1v) is 6.75. The number of terminal acetylenes is 1. The van der Waals surface area contributed by atoms with E-state index in [1.807, 2.05) is 41.2 Å². The number of nitrogens with one attached hydrogen (secondary N) is 1. The van der Waals surface area contributed by atoms with Gasteiger partial charge in [0.2, 0.25) is 0 Å². The van der Waals surface area contributed by atoms with Crippen LogP contribution in [0.25, 0.3) is 5.69 Å². The Labute approximate surface area is 124 Å². The Morgan fingerprint density at radius 2 is 1.95 bits per heavy atom. The van der Waals surface area contributed by atoms with Crippen LogP contribution in [0.2, 0.25) is 0 Å². The first-order chi connectivity index (χ1) is 10.3. The van der Waals surface area contributed by atoms with E-state index in [4.69, 9.17) is 6.42 Å². The van der Waals surface area contributed by atoms with E-state index in [1.165, 1.54) is 5.56 Å². The minimum absolute atomic E-state index is 0.757. The van der Waals surface area contributed by atoms with Crippen LogP contribution in [0.3, 0.4) is 0 Å². The average molecular weight is 273 g/mol. The fourth-order valence-corrected chi connectivity index (χ4v) is 2.11. The first-order valence-electron chi connectivity index (χ1n) is 6.75. The fourth-order valence-electron chi connectivity index (χ4n) is 2.11. The number of hydrogen-bond acceptors (Lipinski definition) is 2. The average Bonchev–Trinajstić information content (AvgIpc) is 3.08. The van der Waals surface area contributed by atoms with Crippen LogP contribution in [0, 0.1) is 12.3 Å². The van der Waals surface area contributed by atoms with Crippen molar-refractivity contribution in [3.8, 4) is 18.0 Å². The molecule has 0 fully saturated rings. The van der Waals surface area contributed by atoms with Gasteiger partial charge in [0.05, 0.1) is 5.69 Å². The SMILES string of the molecule is C#Cc1cccc(NCc2ccc(-n3cccn3)cc2)c1. The predicted octanol–water partition coefficient (Wildman–Crippen LogP) is 3.47. The highest BCUT2D eigenvalue weighted by molar-refractivity contribution is 5.50. The Morgan fingerprint density at radius 3 is 2.67 bits per heavy atom. The molecule has 3 aromatic rings. The Balaban J connectivity index is 1.67. The summed E-state index contributed by atoms with van der Waals surface area (Å²) in [6, 6.07) is 18.1. The van der Waals surface area contributed by atoms with Crippen LogP contribution < -0.4 is 5.32 Å². The zero-order valence-electron chi connectivity index (χ0n) is 11.5. The van der Waals surface area contributed by atoms with Crippen LogP contribution in [0.4, 0.5) is 5.69 Å². The molecule has 3 rings (SSSR count). The molecule has 0 saturated heterocycles. The van der Waals surface area contributed by atoms with Gasteiger partial charge < -0.3 is 5.32 Å². The quantitative estimate of drug-likeness (QED) is 0.738. The third-order valence-electron chi connectivity index (χ3n) is 3.23. The number of rotatable bonds is 4. The fraction of sp³-hybridized carbons (Fsp3) is 0.0556. The van der Waals surface area contributed by atoms with E-state index in [0.717, 1.165) is 23.5 Å². The largest absolute Gasteiger partial charge is 0.381 e. The molecule has 1 N–H and O–H groups in total. The van der Waals surface area contributed by atoms with Crippen molar-refractivity contribution in [1.29, 1.82) is 0 Å². The molecule has 0 bridgehead atoms. The Morgan fingerprint density at radius 1 is 1.10 bits per heavy atom. The van der Waals surface area contributed by atoms with E-state index in [0.29, 0.717) is 0 Å². The molecule has 0 atom stereocenters. The van der Waals surface area contributed by atoms with Crippen LogP contribution in [0.15, 0.2) is 67.0 Å². The molecule has 1 heterocycles. The van der Waals surface area contributed by atoms with Gasteiger partial charge in [-0.3, -0.25) is 0 Å². The van der Waals surface area contributed by atoms with Crippen molar-refractivity contribution in [3.05, 3.63) is 78.1 Å². The summed E-state index contributed by atoms with van der Waals surface area (Å²) < 4.78 is 1.84. The van der Waals surface area contributed by atoms with Gasteiger partial charge in [-0.15, -0.1) is 6.42 Å². The van der Waals surface area contributed by atoms with Crippen molar-refractivity contribution in [2.24, 2.45) is 0 Å². The molecule has 0 unspecified atom stereocenters. The van der Waals surface area contributed by atoms with Gasteiger partial charge in [0.1, 0.15) is 0 Å². The molecule has 0 amide bonds. The van der Waals surface area contributed by atoms with Gasteiger partial charge in [0.25, 0.3) is 0 Å². The van der Waals surface area contributed by atoms with Crippen molar-refractivity contribution in [1.82, 2.24) is 9.78 Å². The van der Waals surface area contributed by atoms with E-state index in [2.05, 4.69) is 40.6 Å². The molecular weight excluding hydrogens is 258 g/mol. The van der Waals surface area contributed by atoms with Crippen molar-refractivity contribution < 1.29 is 0 Å². The highest BCUT2D eigenvalue weighted by Crippen LogP contribution is 2.13. The van der Waals surface area contributed by atoms with Gasteiger partial charge in [-0.2, -0.15) is 5.10 Å². The van der Waals surface area contributed by atoms with Crippen LogP contribution in [0.1, 0.15) is 11.1 Å². The Bertz CT molecular complexity index is 750. The molecule has 3 heteroatoms. The van der Waals surface area contributed by atoms with Crippen LogP contribution in [-0.4, -0.2) is 9.78 Å². The summed E-state index contributed by atoms with van der Waals surface area (Å²) in [5.41, 5.74) is 4.17. The normalized spacial score (nSPS) is 10.0. The van der Waals surface area contributed by atoms with Gasteiger partial charge in [-0.05, 0) is 42.0 Å². The van der Waals surface area contributed by atoms with E-state index < -0.39 is 0 Å². The summed E-state index contributed by atoms with van der Waals surface area (Å²) in [4.78, 5) is 0. The highest BCUT2D eigenvalue weighted by atomic mass is 15.3. The molecule has 0 radical (unpaired) electrons. The maximum atomic E-state index is 5.40. The van der Waals surface area contributed by atoms with E-state index >= 15 is 0 Å². The van der Waals surface area contributed by atoms with Gasteiger partial charge in [-0.1, -0.05) is 24.1 Å². The minimum Gasteiger partial charge on any atom is -0.381 e. The van der Waals surface area contributed by atoms with Gasteiger partial charge in [0, 0.05) is 30.2 Å². The third-order valence-corrected chi connectivity index (χ3v) is 3.23. The second-order valence-corrected chi connectivity index (χ2v) is 4.70. The standard InChI is InChI=1S/C18H15N3/c1-2-15-5-3-6-17(13-15)19-14-16-7-9-18(10-8-16)21-12-4-11-20-21/h1,3-13,19H,14H2. The Hall–Kier alpha value is -2.99. The lowest BCUT2D eigenvalue weighted by Gasteiger charge is -2.08. The van der Waals surface area contributed by atoms with E-state index in [-0.39, 0.29) is 0 Å². The number of nitrogens with zero attached hydrogens (tertiary/aromatic N) is 2. The molecule has 1 aromatic heterocycles. The summed E-state index contributed by atoms with van der Waals surface area (Å²) in [5.74, 6) is 2.64. The second kappa shape index (κ2) is 5.98. The molecular formula is C18H15N3. The lowest BCUT2D eigenvalue weighted by atomic mass is 10.2. The van der Waals surface area contributed by atoms with Crippen molar-refractivity contribution in [2.75, 3.05) is 5.32 Å². The highest BCUT2D eigenvalue weighted by Gasteiger charge is 1.98. The molecule has 0 aliphatic rings. The summed E-state index contributed by atoms with van der Waals surface area (Å²) in [6.07, 6.45) is 9.10. The third kappa shape index (κ3) is 3.13. The summed E-state index contributed by atoms with van der Waals surface area (Å²) in [5, 5.41) is 7.58. The molecule has 21 heavy (non-hydrogen) atoms. The Kier molecular flexibility index (Phi) is 3.70. The maximum absolute atomic E-state index is 5.40. The number of benzene rings is 2. The number of hydrogen-bond donors (Lipinski definition) is 1. The molecule has 102 valence electrons. The van der Waals surface area contributed by atoms with Crippen molar-refractivity contribution in [3.63, 3.8) is 0 Å². The molecule has 0 aliphatic carbocycles. The molecule has 2 aromatic carbocycles.